The van der Waals surface area contributed by atoms with Crippen LogP contribution in [0.5, 0.6) is 5.75 Å². The first-order valence-electron chi connectivity index (χ1n) is 6.81. The zero-order valence-corrected chi connectivity index (χ0v) is 12.2. The second-order valence-corrected chi connectivity index (χ2v) is 4.37. The Kier molecular flexibility index (Phi) is 6.45. The van der Waals surface area contributed by atoms with Gasteiger partial charge in [-0.15, -0.1) is 0 Å². The molecule has 0 spiro atoms. The fourth-order valence-electron chi connectivity index (χ4n) is 1.82. The van der Waals surface area contributed by atoms with Crippen molar-refractivity contribution in [3.8, 4) is 5.75 Å². The number of carbonyl (C=O) groups is 2. The number of hydrogen-bond acceptors (Lipinski definition) is 4. The van der Waals surface area contributed by atoms with Gasteiger partial charge in [0.2, 0.25) is 0 Å². The molecule has 0 atom stereocenters. The third-order valence-corrected chi connectivity index (χ3v) is 3.02. The van der Waals surface area contributed by atoms with Crippen molar-refractivity contribution in [2.45, 2.75) is 26.8 Å². The summed E-state index contributed by atoms with van der Waals surface area (Å²) in [5.74, 6) is -1.13. The molecule has 0 aliphatic carbocycles. The Labute approximate surface area is 122 Å². The molecule has 0 saturated carbocycles. The van der Waals surface area contributed by atoms with Crippen LogP contribution in [0.1, 0.15) is 20.3 Å². The lowest BCUT2D eigenvalue weighted by Gasteiger charge is -2.18. The first-order chi connectivity index (χ1) is 9.99. The van der Waals surface area contributed by atoms with Crippen LogP contribution >= 0.6 is 0 Å². The maximum atomic E-state index is 12.0. The van der Waals surface area contributed by atoms with Gasteiger partial charge in [-0.25, -0.2) is 0 Å². The highest BCUT2D eigenvalue weighted by atomic mass is 16.5. The van der Waals surface area contributed by atoms with Crippen LogP contribution < -0.4 is 10.3 Å². The molecule has 0 saturated heterocycles. The fraction of sp³-hybridized carbons (Fsp3) is 0.500. The highest BCUT2D eigenvalue weighted by molar-refractivity contribution is 5.77. The number of ether oxygens (including phenoxy) is 1. The largest absolute Gasteiger partial charge is 0.481 e. The van der Waals surface area contributed by atoms with E-state index in [4.69, 9.17) is 9.84 Å². The minimum atomic E-state index is -0.982. The molecule has 116 valence electrons. The number of carboxylic acids is 1. The maximum Gasteiger partial charge on any atom is 0.305 e. The number of rotatable bonds is 8. The molecule has 0 bridgehead atoms. The predicted octanol–water partition coefficient (Wildman–Crippen LogP) is 0.570. The van der Waals surface area contributed by atoms with Crippen molar-refractivity contribution in [3.63, 3.8) is 0 Å². The van der Waals surface area contributed by atoms with Gasteiger partial charge in [0.25, 0.3) is 11.5 Å². The summed E-state index contributed by atoms with van der Waals surface area (Å²) < 4.78 is 6.51. The molecule has 0 unspecified atom stereocenters. The first kappa shape index (κ1) is 16.7. The lowest BCUT2D eigenvalue weighted by atomic mass is 10.4. The van der Waals surface area contributed by atoms with Crippen LogP contribution in [0.3, 0.4) is 0 Å². The number of likely N-dealkylation sites (N-methyl/N-ethyl adjacent to an activating group) is 1. The Hall–Kier alpha value is -2.31. The Morgan fingerprint density at radius 1 is 1.33 bits per heavy atom. The predicted molar refractivity (Wildman–Crippen MR) is 76.4 cm³/mol. The van der Waals surface area contributed by atoms with Crippen molar-refractivity contribution >= 4 is 11.9 Å². The van der Waals surface area contributed by atoms with Crippen molar-refractivity contribution in [1.29, 1.82) is 0 Å². The zero-order chi connectivity index (χ0) is 15.8. The summed E-state index contributed by atoms with van der Waals surface area (Å²) in [6.45, 7) is 4.74. The number of nitrogens with zero attached hydrogens (tertiary/aromatic N) is 2. The second kappa shape index (κ2) is 8.08. The number of carboxylic acid groups (broad SMARTS) is 1. The number of hydrogen-bond donors (Lipinski definition) is 1. The molecule has 0 aliphatic rings. The van der Waals surface area contributed by atoms with E-state index in [1.807, 2.05) is 13.8 Å². The minimum absolute atomic E-state index is 0.0448. The van der Waals surface area contributed by atoms with E-state index in [2.05, 4.69) is 0 Å². The van der Waals surface area contributed by atoms with Gasteiger partial charge in [0, 0.05) is 25.8 Å². The van der Waals surface area contributed by atoms with Gasteiger partial charge >= 0.3 is 5.97 Å². The standard InChI is InChI=1S/C14H20N2O5/c1-3-15(4-2)12(17)10-21-11-6-5-8-16(14(11)20)9-7-13(18)19/h5-6,8H,3-4,7,9-10H2,1-2H3,(H,18,19). The van der Waals surface area contributed by atoms with Gasteiger partial charge in [-0.3, -0.25) is 14.4 Å². The average Bonchev–Trinajstić information content (AvgIpc) is 2.46. The van der Waals surface area contributed by atoms with Gasteiger partial charge < -0.3 is 19.3 Å². The molecular weight excluding hydrogens is 276 g/mol. The summed E-state index contributed by atoms with van der Waals surface area (Å²) in [5.41, 5.74) is -0.439. The molecule has 0 radical (unpaired) electrons. The molecule has 1 aromatic rings. The Bertz CT molecular complexity index is 549. The topological polar surface area (TPSA) is 88.8 Å². The van der Waals surface area contributed by atoms with Gasteiger partial charge in [0.1, 0.15) is 0 Å². The quantitative estimate of drug-likeness (QED) is 0.757. The Morgan fingerprint density at radius 2 is 2.00 bits per heavy atom. The van der Waals surface area contributed by atoms with Crippen molar-refractivity contribution in [3.05, 3.63) is 28.7 Å². The molecule has 0 aliphatic heterocycles. The third-order valence-electron chi connectivity index (χ3n) is 3.02. The molecule has 1 rings (SSSR count). The van der Waals surface area contributed by atoms with E-state index in [0.717, 1.165) is 0 Å². The molecule has 7 nitrogen and oxygen atoms in total. The number of aliphatic carboxylic acids is 1. The Morgan fingerprint density at radius 3 is 2.57 bits per heavy atom. The van der Waals surface area contributed by atoms with Crippen LogP contribution in [0.15, 0.2) is 23.1 Å². The van der Waals surface area contributed by atoms with Crippen LogP contribution in [0.4, 0.5) is 0 Å². The van der Waals surface area contributed by atoms with Gasteiger partial charge in [0.15, 0.2) is 12.4 Å². The summed E-state index contributed by atoms with van der Waals surface area (Å²) in [6, 6.07) is 3.05. The minimum Gasteiger partial charge on any atom is -0.481 e. The monoisotopic (exact) mass is 296 g/mol. The molecule has 0 fully saturated rings. The molecular formula is C14H20N2O5. The van der Waals surface area contributed by atoms with Crippen LogP contribution in [0.25, 0.3) is 0 Å². The summed E-state index contributed by atoms with van der Waals surface area (Å²) in [4.78, 5) is 36.0. The molecule has 1 heterocycles. The summed E-state index contributed by atoms with van der Waals surface area (Å²) in [5, 5.41) is 8.63. The highest BCUT2D eigenvalue weighted by Gasteiger charge is 2.12. The van der Waals surface area contributed by atoms with E-state index in [0.29, 0.717) is 13.1 Å². The van der Waals surface area contributed by atoms with Gasteiger partial charge in [-0.2, -0.15) is 0 Å². The SMILES string of the molecule is CCN(CC)C(=O)COc1cccn(CCC(=O)O)c1=O. The van der Waals surface area contributed by atoms with E-state index in [1.54, 1.807) is 11.0 Å². The number of amides is 1. The molecule has 1 N–H and O–H groups in total. The summed E-state index contributed by atoms with van der Waals surface area (Å²) in [6.07, 6.45) is 1.34. The van der Waals surface area contributed by atoms with E-state index in [9.17, 15) is 14.4 Å². The maximum absolute atomic E-state index is 12.0. The smallest absolute Gasteiger partial charge is 0.305 e. The normalized spacial score (nSPS) is 10.2. The highest BCUT2D eigenvalue weighted by Crippen LogP contribution is 2.03. The average molecular weight is 296 g/mol. The van der Waals surface area contributed by atoms with Gasteiger partial charge in [0.05, 0.1) is 6.42 Å². The Balaban J connectivity index is 2.72. The molecule has 1 amide bonds. The van der Waals surface area contributed by atoms with Crippen molar-refractivity contribution < 1.29 is 19.4 Å². The fourth-order valence-corrected chi connectivity index (χ4v) is 1.82. The van der Waals surface area contributed by atoms with Crippen molar-refractivity contribution in [1.82, 2.24) is 9.47 Å². The number of aryl methyl sites for hydroxylation is 1. The second-order valence-electron chi connectivity index (χ2n) is 4.37. The zero-order valence-electron chi connectivity index (χ0n) is 12.2. The van der Waals surface area contributed by atoms with Crippen LogP contribution in [-0.4, -0.2) is 46.1 Å². The summed E-state index contributed by atoms with van der Waals surface area (Å²) in [7, 11) is 0. The summed E-state index contributed by atoms with van der Waals surface area (Å²) >= 11 is 0. The van der Waals surface area contributed by atoms with E-state index < -0.39 is 11.5 Å². The van der Waals surface area contributed by atoms with Gasteiger partial charge in [-0.1, -0.05) is 0 Å². The van der Waals surface area contributed by atoms with E-state index in [1.165, 1.54) is 16.8 Å². The van der Waals surface area contributed by atoms with Crippen LogP contribution in [0, 0.1) is 0 Å². The molecule has 21 heavy (non-hydrogen) atoms. The first-order valence-corrected chi connectivity index (χ1v) is 6.81. The number of aromatic nitrogens is 1. The van der Waals surface area contributed by atoms with Gasteiger partial charge in [-0.05, 0) is 26.0 Å². The van der Waals surface area contributed by atoms with Crippen molar-refractivity contribution in [2.75, 3.05) is 19.7 Å². The van der Waals surface area contributed by atoms with Crippen LogP contribution in [-0.2, 0) is 16.1 Å². The number of carbonyl (C=O) groups excluding carboxylic acids is 1. The lowest BCUT2D eigenvalue weighted by Crippen LogP contribution is -2.35. The third kappa shape index (κ3) is 4.94. The van der Waals surface area contributed by atoms with E-state index in [-0.39, 0.29) is 31.2 Å². The van der Waals surface area contributed by atoms with E-state index >= 15 is 0 Å². The molecule has 1 aromatic heterocycles. The molecule has 0 aromatic carbocycles. The van der Waals surface area contributed by atoms with Crippen LogP contribution in [0.2, 0.25) is 0 Å². The number of pyridine rings is 1. The lowest BCUT2D eigenvalue weighted by molar-refractivity contribution is -0.137. The molecule has 7 heteroatoms. The van der Waals surface area contributed by atoms with Crippen molar-refractivity contribution in [2.24, 2.45) is 0 Å².